The van der Waals surface area contributed by atoms with Crippen LogP contribution in [0.5, 0.6) is 5.75 Å². The molecule has 8 heteroatoms. The molecule has 1 aromatic heterocycles. The van der Waals surface area contributed by atoms with Gasteiger partial charge in [-0.1, -0.05) is 24.3 Å². The Hall–Kier alpha value is -3.68. The predicted octanol–water partition coefficient (Wildman–Crippen LogP) is 1.65. The molecule has 2 aromatic carbocycles. The van der Waals surface area contributed by atoms with Crippen molar-refractivity contribution in [1.29, 1.82) is 0 Å². The van der Waals surface area contributed by atoms with Crippen molar-refractivity contribution in [2.45, 2.75) is 19.5 Å². The van der Waals surface area contributed by atoms with Gasteiger partial charge in [0, 0.05) is 13.1 Å². The quantitative estimate of drug-likeness (QED) is 0.583. The van der Waals surface area contributed by atoms with E-state index in [9.17, 15) is 14.4 Å². The van der Waals surface area contributed by atoms with Crippen LogP contribution in [0, 0.1) is 0 Å². The van der Waals surface area contributed by atoms with Crippen molar-refractivity contribution in [3.8, 4) is 5.75 Å². The van der Waals surface area contributed by atoms with Gasteiger partial charge in [0.05, 0.1) is 30.8 Å². The van der Waals surface area contributed by atoms with Crippen LogP contribution in [-0.4, -0.2) is 35.1 Å². The summed E-state index contributed by atoms with van der Waals surface area (Å²) in [4.78, 5) is 40.3. The fourth-order valence-electron chi connectivity index (χ4n) is 2.69. The van der Waals surface area contributed by atoms with Crippen LogP contribution in [0.2, 0.25) is 0 Å². The van der Waals surface area contributed by atoms with Crippen LogP contribution in [0.25, 0.3) is 10.9 Å². The summed E-state index contributed by atoms with van der Waals surface area (Å²) >= 11 is 0. The summed E-state index contributed by atoms with van der Waals surface area (Å²) in [6.45, 7) is 0.0708. The van der Waals surface area contributed by atoms with E-state index in [4.69, 9.17) is 9.47 Å². The number of nitrogens with one attached hydrogen (secondary N) is 1. The number of para-hydroxylation sites is 1. The van der Waals surface area contributed by atoms with Crippen molar-refractivity contribution in [3.63, 3.8) is 0 Å². The fraction of sp³-hybridized carbons (Fsp3) is 0.238. The third-order valence-corrected chi connectivity index (χ3v) is 4.30. The standard InChI is InChI=1S/C21H21N3O5/c1-28-16-8-6-15(7-9-16)12-22-19(25)13-29-20(26)10-11-24-14-23-18-5-3-2-4-17(18)21(24)27/h2-9,14H,10-13H2,1H3,(H,22,25). The first kappa shape index (κ1) is 20.1. The zero-order valence-corrected chi connectivity index (χ0v) is 16.0. The van der Waals surface area contributed by atoms with E-state index in [1.807, 2.05) is 12.1 Å². The number of rotatable bonds is 8. The van der Waals surface area contributed by atoms with Crippen molar-refractivity contribution in [3.05, 3.63) is 70.8 Å². The number of methoxy groups -OCH3 is 1. The molecule has 150 valence electrons. The summed E-state index contributed by atoms with van der Waals surface area (Å²) in [5.74, 6) is -0.238. The van der Waals surface area contributed by atoms with Crippen LogP contribution < -0.4 is 15.6 Å². The Bertz CT molecular complexity index is 1060. The first-order valence-corrected chi connectivity index (χ1v) is 9.06. The van der Waals surface area contributed by atoms with Crippen molar-refractivity contribution < 1.29 is 19.1 Å². The number of hydrogen-bond donors (Lipinski definition) is 1. The number of ether oxygens (including phenoxy) is 2. The third-order valence-electron chi connectivity index (χ3n) is 4.30. The molecular weight excluding hydrogens is 374 g/mol. The van der Waals surface area contributed by atoms with Crippen LogP contribution in [0.4, 0.5) is 0 Å². The van der Waals surface area contributed by atoms with E-state index in [1.54, 1.807) is 43.5 Å². The van der Waals surface area contributed by atoms with Gasteiger partial charge in [-0.15, -0.1) is 0 Å². The Labute approximate surface area is 167 Å². The highest BCUT2D eigenvalue weighted by atomic mass is 16.5. The van der Waals surface area contributed by atoms with Gasteiger partial charge in [0.2, 0.25) is 0 Å². The number of nitrogens with zero attached hydrogens (tertiary/aromatic N) is 2. The Morgan fingerprint density at radius 1 is 1.10 bits per heavy atom. The molecule has 3 rings (SSSR count). The molecule has 0 radical (unpaired) electrons. The number of hydrogen-bond acceptors (Lipinski definition) is 6. The van der Waals surface area contributed by atoms with Gasteiger partial charge in [0.15, 0.2) is 6.61 Å². The largest absolute Gasteiger partial charge is 0.497 e. The first-order chi connectivity index (χ1) is 14.1. The Morgan fingerprint density at radius 2 is 1.86 bits per heavy atom. The number of amides is 1. The highest BCUT2D eigenvalue weighted by Crippen LogP contribution is 2.10. The van der Waals surface area contributed by atoms with E-state index in [1.165, 1.54) is 10.9 Å². The Morgan fingerprint density at radius 3 is 2.62 bits per heavy atom. The maximum Gasteiger partial charge on any atom is 0.308 e. The maximum atomic E-state index is 12.4. The Kier molecular flexibility index (Phi) is 6.57. The van der Waals surface area contributed by atoms with E-state index in [0.717, 1.165) is 11.3 Å². The Balaban J connectivity index is 1.43. The number of esters is 1. The lowest BCUT2D eigenvalue weighted by Crippen LogP contribution is -2.29. The van der Waals surface area contributed by atoms with Crippen molar-refractivity contribution in [1.82, 2.24) is 14.9 Å². The van der Waals surface area contributed by atoms with Crippen molar-refractivity contribution >= 4 is 22.8 Å². The minimum atomic E-state index is -0.565. The molecule has 0 bridgehead atoms. The summed E-state index contributed by atoms with van der Waals surface area (Å²) in [7, 11) is 1.58. The van der Waals surface area contributed by atoms with E-state index in [0.29, 0.717) is 17.4 Å². The molecule has 29 heavy (non-hydrogen) atoms. The summed E-state index contributed by atoms with van der Waals surface area (Å²) < 4.78 is 11.4. The molecule has 0 saturated carbocycles. The van der Waals surface area contributed by atoms with Crippen LogP contribution >= 0.6 is 0 Å². The van der Waals surface area contributed by atoms with Crippen LogP contribution in [0.15, 0.2) is 59.7 Å². The van der Waals surface area contributed by atoms with Gasteiger partial charge < -0.3 is 14.8 Å². The van der Waals surface area contributed by atoms with Gasteiger partial charge in [-0.05, 0) is 29.8 Å². The maximum absolute atomic E-state index is 12.4. The minimum Gasteiger partial charge on any atom is -0.497 e. The van der Waals surface area contributed by atoms with E-state index in [-0.39, 0.29) is 25.1 Å². The molecular formula is C21H21N3O5. The number of aryl methyl sites for hydroxylation is 1. The van der Waals surface area contributed by atoms with Gasteiger partial charge in [0.1, 0.15) is 5.75 Å². The molecule has 0 aliphatic carbocycles. The normalized spacial score (nSPS) is 10.5. The molecule has 8 nitrogen and oxygen atoms in total. The SMILES string of the molecule is COc1ccc(CNC(=O)COC(=O)CCn2cnc3ccccc3c2=O)cc1. The molecule has 0 unspecified atom stereocenters. The number of benzene rings is 2. The topological polar surface area (TPSA) is 99.5 Å². The molecule has 1 N–H and O–H groups in total. The van der Waals surface area contributed by atoms with Crippen molar-refractivity contribution in [2.75, 3.05) is 13.7 Å². The van der Waals surface area contributed by atoms with Crippen LogP contribution in [0.3, 0.4) is 0 Å². The van der Waals surface area contributed by atoms with Crippen LogP contribution in [-0.2, 0) is 27.4 Å². The van der Waals surface area contributed by atoms with Gasteiger partial charge in [-0.25, -0.2) is 4.98 Å². The summed E-state index contributed by atoms with van der Waals surface area (Å²) in [5, 5.41) is 3.16. The summed E-state index contributed by atoms with van der Waals surface area (Å²) in [5.41, 5.74) is 1.28. The summed E-state index contributed by atoms with van der Waals surface area (Å²) in [6, 6.07) is 14.3. The van der Waals surface area contributed by atoms with Gasteiger partial charge >= 0.3 is 5.97 Å². The fourth-order valence-corrected chi connectivity index (χ4v) is 2.69. The molecule has 0 spiro atoms. The molecule has 1 amide bonds. The molecule has 0 aliphatic rings. The van der Waals surface area contributed by atoms with Gasteiger partial charge in [0.25, 0.3) is 11.5 Å². The van der Waals surface area contributed by atoms with Gasteiger partial charge in [-0.3, -0.25) is 19.0 Å². The van der Waals surface area contributed by atoms with E-state index in [2.05, 4.69) is 10.3 Å². The number of aromatic nitrogens is 2. The number of carbonyl (C=O) groups excluding carboxylic acids is 2. The summed E-state index contributed by atoms with van der Waals surface area (Å²) in [6.07, 6.45) is 1.37. The number of fused-ring (bicyclic) bond motifs is 1. The molecule has 0 aliphatic heterocycles. The molecule has 3 aromatic rings. The average Bonchev–Trinajstić information content (AvgIpc) is 2.76. The first-order valence-electron chi connectivity index (χ1n) is 9.06. The smallest absolute Gasteiger partial charge is 0.308 e. The molecule has 1 heterocycles. The van der Waals surface area contributed by atoms with Crippen molar-refractivity contribution in [2.24, 2.45) is 0 Å². The number of carbonyl (C=O) groups is 2. The van der Waals surface area contributed by atoms with E-state index >= 15 is 0 Å². The molecule has 0 fully saturated rings. The van der Waals surface area contributed by atoms with E-state index < -0.39 is 11.9 Å². The lowest BCUT2D eigenvalue weighted by Gasteiger charge is -2.08. The zero-order valence-electron chi connectivity index (χ0n) is 16.0. The minimum absolute atomic E-state index is 0.0360. The lowest BCUT2D eigenvalue weighted by molar-refractivity contribution is -0.148. The predicted molar refractivity (Wildman–Crippen MR) is 106 cm³/mol. The third kappa shape index (κ3) is 5.41. The second-order valence-electron chi connectivity index (χ2n) is 6.30. The second kappa shape index (κ2) is 9.50. The zero-order chi connectivity index (χ0) is 20.6. The highest BCUT2D eigenvalue weighted by molar-refractivity contribution is 5.80. The van der Waals surface area contributed by atoms with Crippen LogP contribution in [0.1, 0.15) is 12.0 Å². The molecule has 0 atom stereocenters. The van der Waals surface area contributed by atoms with Gasteiger partial charge in [-0.2, -0.15) is 0 Å². The second-order valence-corrected chi connectivity index (χ2v) is 6.30. The molecule has 0 saturated heterocycles. The lowest BCUT2D eigenvalue weighted by atomic mass is 10.2. The monoisotopic (exact) mass is 395 g/mol. The average molecular weight is 395 g/mol. The highest BCUT2D eigenvalue weighted by Gasteiger charge is 2.10.